The number of alkyl carbamates (subject to hydrolysis) is 1. The molecule has 3 amide bonds. The highest BCUT2D eigenvalue weighted by Crippen LogP contribution is 1.88. The summed E-state index contributed by atoms with van der Waals surface area (Å²) in [5.41, 5.74) is 0. The van der Waals surface area contributed by atoms with Gasteiger partial charge in [-0.2, -0.15) is 0 Å². The number of ether oxygens (including phenoxy) is 1. The van der Waals surface area contributed by atoms with E-state index in [9.17, 15) is 9.59 Å². The Kier molecular flexibility index (Phi) is 5.27. The van der Waals surface area contributed by atoms with E-state index < -0.39 is 12.1 Å². The molecule has 0 atom stereocenters. The van der Waals surface area contributed by atoms with E-state index in [0.29, 0.717) is 0 Å². The van der Waals surface area contributed by atoms with Gasteiger partial charge in [0.2, 0.25) is 0 Å². The van der Waals surface area contributed by atoms with Crippen LogP contribution in [0.3, 0.4) is 0 Å². The largest absolute Gasteiger partial charge is 0.446 e. The first-order chi connectivity index (χ1) is 5.56. The number of carbonyl (C=O) groups is 2. The number of amides is 3. The highest BCUT2D eigenvalue weighted by molar-refractivity contribution is 7.97. The third kappa shape index (κ3) is 5.84. The molecule has 0 aliphatic heterocycles. The van der Waals surface area contributed by atoms with Crippen molar-refractivity contribution < 1.29 is 14.3 Å². The second kappa shape index (κ2) is 5.70. The van der Waals surface area contributed by atoms with Gasteiger partial charge in [-0.25, -0.2) is 14.9 Å². The van der Waals surface area contributed by atoms with Crippen LogP contribution in [0.5, 0.6) is 0 Å². The zero-order chi connectivity index (χ0) is 9.56. The number of carbonyl (C=O) groups excluding carboxylic acids is 2. The van der Waals surface area contributed by atoms with Crippen molar-refractivity contribution >= 4 is 24.1 Å². The van der Waals surface area contributed by atoms with Crippen LogP contribution in [0.4, 0.5) is 9.59 Å². The van der Waals surface area contributed by atoms with Crippen molar-refractivity contribution in [3.8, 4) is 0 Å². The summed E-state index contributed by atoms with van der Waals surface area (Å²) in [6.45, 7) is 3.40. The minimum absolute atomic E-state index is 0.230. The molecule has 2 N–H and O–H groups in total. The molecule has 0 aromatic carbocycles. The molecule has 12 heavy (non-hydrogen) atoms. The summed E-state index contributed by atoms with van der Waals surface area (Å²) in [5, 5.41) is 1.98. The number of rotatable bonds is 2. The van der Waals surface area contributed by atoms with Crippen LogP contribution < -0.4 is 10.0 Å². The number of hydrogen-bond acceptors (Lipinski definition) is 4. The number of imide groups is 1. The van der Waals surface area contributed by atoms with Gasteiger partial charge in [-0.05, 0) is 13.8 Å². The average molecular weight is 192 g/mol. The summed E-state index contributed by atoms with van der Waals surface area (Å²) in [5.74, 6) is 0. The molecule has 0 unspecified atom stereocenters. The van der Waals surface area contributed by atoms with Crippen LogP contribution in [0.2, 0.25) is 0 Å². The topological polar surface area (TPSA) is 67.4 Å². The zero-order valence-electron chi connectivity index (χ0n) is 7.21. The van der Waals surface area contributed by atoms with Crippen LogP contribution >= 0.6 is 11.9 Å². The Morgan fingerprint density at radius 1 is 1.42 bits per heavy atom. The van der Waals surface area contributed by atoms with Crippen molar-refractivity contribution in [1.29, 1.82) is 0 Å². The Morgan fingerprint density at radius 3 is 2.42 bits per heavy atom. The van der Waals surface area contributed by atoms with Crippen molar-refractivity contribution in [3.63, 3.8) is 0 Å². The van der Waals surface area contributed by atoms with E-state index in [1.165, 1.54) is 0 Å². The van der Waals surface area contributed by atoms with E-state index in [2.05, 4.69) is 9.46 Å². The molecule has 70 valence electrons. The average Bonchev–Trinajstić information content (AvgIpc) is 1.84. The van der Waals surface area contributed by atoms with Crippen molar-refractivity contribution in [2.75, 3.05) is 6.26 Å². The van der Waals surface area contributed by atoms with Gasteiger partial charge < -0.3 is 4.74 Å². The minimum Gasteiger partial charge on any atom is -0.446 e. The van der Waals surface area contributed by atoms with E-state index in [1.807, 2.05) is 5.32 Å². The lowest BCUT2D eigenvalue weighted by atomic mass is 10.5. The highest BCUT2D eigenvalue weighted by Gasteiger charge is 2.08. The number of urea groups is 1. The lowest BCUT2D eigenvalue weighted by Gasteiger charge is -2.07. The van der Waals surface area contributed by atoms with Gasteiger partial charge in [0.05, 0.1) is 6.10 Å². The van der Waals surface area contributed by atoms with Gasteiger partial charge in [0, 0.05) is 6.26 Å². The summed E-state index contributed by atoms with van der Waals surface area (Å²) in [4.78, 5) is 21.4. The van der Waals surface area contributed by atoms with Gasteiger partial charge in [-0.1, -0.05) is 11.9 Å². The predicted octanol–water partition coefficient (Wildman–Crippen LogP) is 1.11. The van der Waals surface area contributed by atoms with Crippen molar-refractivity contribution in [1.82, 2.24) is 10.0 Å². The van der Waals surface area contributed by atoms with E-state index >= 15 is 0 Å². The zero-order valence-corrected chi connectivity index (χ0v) is 8.03. The third-order valence-electron chi connectivity index (χ3n) is 0.753. The Labute approximate surface area is 75.4 Å². The molecule has 0 saturated heterocycles. The Hall–Kier alpha value is -0.910. The maximum absolute atomic E-state index is 10.7. The maximum Gasteiger partial charge on any atom is 0.415 e. The van der Waals surface area contributed by atoms with Crippen LogP contribution in [-0.2, 0) is 4.74 Å². The summed E-state index contributed by atoms with van der Waals surface area (Å²) in [6.07, 6.45) is 0.705. The molecule has 0 heterocycles. The fourth-order valence-corrected chi connectivity index (χ4v) is 0.691. The first-order valence-corrected chi connectivity index (χ1v) is 4.59. The molecule has 0 aliphatic rings. The fraction of sp³-hybridized carbons (Fsp3) is 0.667. The minimum atomic E-state index is -0.739. The lowest BCUT2D eigenvalue weighted by molar-refractivity contribution is 0.117. The molecule has 0 radical (unpaired) electrons. The lowest BCUT2D eigenvalue weighted by Crippen LogP contribution is -2.37. The van der Waals surface area contributed by atoms with Crippen LogP contribution in [0.1, 0.15) is 13.8 Å². The Bertz CT molecular complexity index is 172. The standard InChI is InChI=1S/C6H12N2O3S/c1-4(2)11-6(10)7-5(9)8-12-3/h4H,1-3H3,(H2,7,8,9,10). The number of hydrogen-bond donors (Lipinski definition) is 2. The summed E-state index contributed by atoms with van der Waals surface area (Å²) >= 11 is 1.10. The molecule has 0 spiro atoms. The van der Waals surface area contributed by atoms with Gasteiger partial charge in [-0.15, -0.1) is 0 Å². The first kappa shape index (κ1) is 11.1. The van der Waals surface area contributed by atoms with Crippen LogP contribution in [0.15, 0.2) is 0 Å². The molecule has 0 aromatic rings. The van der Waals surface area contributed by atoms with Crippen LogP contribution in [0.25, 0.3) is 0 Å². The predicted molar refractivity (Wildman–Crippen MR) is 46.8 cm³/mol. The fourth-order valence-electron chi connectivity index (χ4n) is 0.454. The summed E-state index contributed by atoms with van der Waals surface area (Å²) in [7, 11) is 0. The van der Waals surface area contributed by atoms with Crippen molar-refractivity contribution in [2.24, 2.45) is 0 Å². The maximum atomic E-state index is 10.7. The quantitative estimate of drug-likeness (QED) is 0.643. The molecule has 0 aromatic heterocycles. The third-order valence-corrected chi connectivity index (χ3v) is 1.14. The first-order valence-electron chi connectivity index (χ1n) is 3.37. The summed E-state index contributed by atoms with van der Waals surface area (Å²) < 4.78 is 6.96. The van der Waals surface area contributed by atoms with Gasteiger partial charge in [0.1, 0.15) is 0 Å². The molecular formula is C6H12N2O3S. The Morgan fingerprint density at radius 2 is 2.00 bits per heavy atom. The second-order valence-electron chi connectivity index (χ2n) is 2.21. The molecule has 5 nitrogen and oxygen atoms in total. The van der Waals surface area contributed by atoms with Gasteiger partial charge >= 0.3 is 12.1 Å². The highest BCUT2D eigenvalue weighted by atomic mass is 32.2. The van der Waals surface area contributed by atoms with E-state index in [-0.39, 0.29) is 6.10 Å². The molecular weight excluding hydrogens is 180 g/mol. The molecule has 6 heteroatoms. The summed E-state index contributed by atoms with van der Waals surface area (Å²) in [6, 6.07) is -0.576. The monoisotopic (exact) mass is 192 g/mol. The van der Waals surface area contributed by atoms with Gasteiger partial charge in [-0.3, -0.25) is 4.72 Å². The molecule has 0 aliphatic carbocycles. The van der Waals surface area contributed by atoms with E-state index in [1.54, 1.807) is 20.1 Å². The van der Waals surface area contributed by atoms with Crippen LogP contribution in [0, 0.1) is 0 Å². The molecule has 0 fully saturated rings. The van der Waals surface area contributed by atoms with E-state index in [0.717, 1.165) is 11.9 Å². The van der Waals surface area contributed by atoms with Gasteiger partial charge in [0.25, 0.3) is 0 Å². The SMILES string of the molecule is CSNC(=O)NC(=O)OC(C)C. The van der Waals surface area contributed by atoms with Gasteiger partial charge in [0.15, 0.2) is 0 Å². The molecule has 0 saturated carbocycles. The van der Waals surface area contributed by atoms with Crippen LogP contribution in [-0.4, -0.2) is 24.5 Å². The smallest absolute Gasteiger partial charge is 0.415 e. The normalized spacial score (nSPS) is 9.33. The number of nitrogens with one attached hydrogen (secondary N) is 2. The van der Waals surface area contributed by atoms with E-state index in [4.69, 9.17) is 0 Å². The molecule has 0 rings (SSSR count). The second-order valence-corrected chi connectivity index (χ2v) is 2.83. The Balaban J connectivity index is 3.62. The molecule has 0 bridgehead atoms. The van der Waals surface area contributed by atoms with Crippen molar-refractivity contribution in [3.05, 3.63) is 0 Å². The van der Waals surface area contributed by atoms with Crippen molar-refractivity contribution in [2.45, 2.75) is 20.0 Å².